The number of aliphatic hydroxyl groups excluding tert-OH is 2. The van der Waals surface area contributed by atoms with Crippen LogP contribution in [0.4, 0.5) is 0 Å². The molecule has 4 rings (SSSR count). The van der Waals surface area contributed by atoms with Gasteiger partial charge in [-0.3, -0.25) is 4.55 Å². The molecule has 0 aromatic heterocycles. The lowest BCUT2D eigenvalue weighted by Crippen LogP contribution is -2.25. The first-order valence-corrected chi connectivity index (χ1v) is 17.4. The van der Waals surface area contributed by atoms with Gasteiger partial charge < -0.3 is 29.2 Å². The predicted molar refractivity (Wildman–Crippen MR) is 182 cm³/mol. The van der Waals surface area contributed by atoms with Gasteiger partial charge in [-0.2, -0.15) is 8.42 Å². The van der Waals surface area contributed by atoms with E-state index in [1.807, 2.05) is 24.3 Å². The molecule has 4 N–H and O–H groups in total. The summed E-state index contributed by atoms with van der Waals surface area (Å²) in [7, 11) is -4.39. The van der Waals surface area contributed by atoms with E-state index in [0.29, 0.717) is 16.4 Å². The summed E-state index contributed by atoms with van der Waals surface area (Å²) in [6, 6.07) is 25.3. The maximum atomic E-state index is 12.3. The van der Waals surface area contributed by atoms with Crippen LogP contribution in [-0.2, 0) is 34.4 Å². The van der Waals surface area contributed by atoms with E-state index in [9.17, 15) is 28.2 Å². The zero-order valence-corrected chi connectivity index (χ0v) is 29.0. The van der Waals surface area contributed by atoms with Crippen LogP contribution in [0.2, 0.25) is 0 Å². The van der Waals surface area contributed by atoms with Gasteiger partial charge in [-0.05, 0) is 83.9 Å². The lowest BCUT2D eigenvalue weighted by molar-refractivity contribution is -0.432. The van der Waals surface area contributed by atoms with Crippen molar-refractivity contribution >= 4 is 34.1 Å². The topological polar surface area (TPSA) is 205 Å². The molecule has 2 unspecified atom stereocenters. The SMILES string of the molecule is CC(C)(c1ccc(OCC(O)COC(=O)c2ccc(SOOO)cc2)cc1)c1ccc(OCC(O)COC(=O)c2ccc(S(=O)(=O)O)cc2)cc1. The first kappa shape index (κ1) is 39.3. The van der Waals surface area contributed by atoms with Crippen molar-refractivity contribution in [1.29, 1.82) is 0 Å². The molecule has 0 saturated carbocycles. The molecule has 0 aliphatic heterocycles. The van der Waals surface area contributed by atoms with Gasteiger partial charge in [0.1, 0.15) is 50.1 Å². The van der Waals surface area contributed by atoms with Crippen LogP contribution in [0.1, 0.15) is 45.7 Å². The van der Waals surface area contributed by atoms with E-state index in [-0.39, 0.29) is 42.4 Å². The molecule has 0 amide bonds. The summed E-state index contributed by atoms with van der Waals surface area (Å²) in [4.78, 5) is 24.7. The van der Waals surface area contributed by atoms with Gasteiger partial charge >= 0.3 is 11.9 Å². The van der Waals surface area contributed by atoms with Gasteiger partial charge in [-0.25, -0.2) is 14.8 Å². The Bertz CT molecular complexity index is 1830. The minimum atomic E-state index is -4.39. The largest absolute Gasteiger partial charge is 0.491 e. The molecule has 4 aromatic rings. The normalized spacial score (nSPS) is 12.8. The van der Waals surface area contributed by atoms with Crippen LogP contribution >= 0.6 is 12.0 Å². The van der Waals surface area contributed by atoms with Crippen molar-refractivity contribution in [2.45, 2.75) is 41.3 Å². The van der Waals surface area contributed by atoms with E-state index in [4.69, 9.17) is 28.8 Å². The summed E-state index contributed by atoms with van der Waals surface area (Å²) >= 11 is 0.752. The Kier molecular flexibility index (Phi) is 13.9. The second-order valence-electron chi connectivity index (χ2n) is 11.6. The first-order valence-electron chi connectivity index (χ1n) is 15.3. The molecular formula is C35H36O14S2. The van der Waals surface area contributed by atoms with Crippen molar-refractivity contribution in [1.82, 2.24) is 0 Å². The zero-order chi connectivity index (χ0) is 37.0. The maximum Gasteiger partial charge on any atom is 0.338 e. The van der Waals surface area contributed by atoms with Crippen molar-refractivity contribution in [3.05, 3.63) is 119 Å². The number of benzene rings is 4. The zero-order valence-electron chi connectivity index (χ0n) is 27.4. The highest BCUT2D eigenvalue weighted by Crippen LogP contribution is 2.33. The third-order valence-electron chi connectivity index (χ3n) is 7.49. The molecule has 0 spiro atoms. The summed E-state index contributed by atoms with van der Waals surface area (Å²) in [5.74, 6) is -0.392. The van der Waals surface area contributed by atoms with E-state index in [1.54, 1.807) is 36.4 Å². The van der Waals surface area contributed by atoms with Crippen molar-refractivity contribution in [2.75, 3.05) is 26.4 Å². The van der Waals surface area contributed by atoms with Gasteiger partial charge in [-0.15, -0.1) is 4.33 Å². The van der Waals surface area contributed by atoms with E-state index < -0.39 is 39.7 Å². The smallest absolute Gasteiger partial charge is 0.338 e. The van der Waals surface area contributed by atoms with Crippen molar-refractivity contribution in [2.24, 2.45) is 0 Å². The Morgan fingerprint density at radius 2 is 1.08 bits per heavy atom. The number of rotatable bonds is 18. The highest BCUT2D eigenvalue weighted by Gasteiger charge is 2.23. The van der Waals surface area contributed by atoms with Crippen LogP contribution in [0, 0.1) is 0 Å². The molecule has 0 saturated heterocycles. The summed E-state index contributed by atoms with van der Waals surface area (Å²) in [6.45, 7) is 3.22. The molecule has 4 aromatic carbocycles. The molecule has 14 nitrogen and oxygen atoms in total. The van der Waals surface area contributed by atoms with Crippen molar-refractivity contribution in [3.8, 4) is 11.5 Å². The highest BCUT2D eigenvalue weighted by molar-refractivity contribution is 7.94. The summed E-state index contributed by atoms with van der Waals surface area (Å²) in [6.07, 6.45) is -2.19. The van der Waals surface area contributed by atoms with Gasteiger partial charge in [-0.1, -0.05) is 43.2 Å². The van der Waals surface area contributed by atoms with Crippen LogP contribution in [0.25, 0.3) is 0 Å². The second kappa shape index (κ2) is 18.1. The van der Waals surface area contributed by atoms with Crippen molar-refractivity contribution in [3.63, 3.8) is 0 Å². The molecule has 0 radical (unpaired) electrons. The van der Waals surface area contributed by atoms with E-state index in [1.165, 1.54) is 24.3 Å². The number of carbonyl (C=O) groups is 2. The van der Waals surface area contributed by atoms with Gasteiger partial charge in [0.25, 0.3) is 10.1 Å². The molecule has 0 aliphatic rings. The van der Waals surface area contributed by atoms with Gasteiger partial charge in [0.15, 0.2) is 0 Å². The minimum absolute atomic E-state index is 0.0499. The van der Waals surface area contributed by atoms with E-state index >= 15 is 0 Å². The Labute approximate surface area is 298 Å². The molecule has 0 aliphatic carbocycles. The fourth-order valence-electron chi connectivity index (χ4n) is 4.56. The molecule has 51 heavy (non-hydrogen) atoms. The summed E-state index contributed by atoms with van der Waals surface area (Å²) in [5.41, 5.74) is 1.88. The second-order valence-corrected chi connectivity index (χ2v) is 13.7. The molecule has 272 valence electrons. The number of hydrogen-bond donors (Lipinski definition) is 4. The molecule has 16 heteroatoms. The third-order valence-corrected chi connectivity index (χ3v) is 8.95. The van der Waals surface area contributed by atoms with Crippen molar-refractivity contribution < 1.29 is 66.3 Å². The summed E-state index contributed by atoms with van der Waals surface area (Å²) in [5, 5.41) is 32.2. The fraction of sp³-hybridized carbons (Fsp3) is 0.257. The van der Waals surface area contributed by atoms with Crippen LogP contribution in [0.5, 0.6) is 11.5 Å². The van der Waals surface area contributed by atoms with Crippen LogP contribution in [-0.4, -0.2) is 79.0 Å². The van der Waals surface area contributed by atoms with Crippen LogP contribution in [0.15, 0.2) is 107 Å². The number of aliphatic hydroxyl groups is 2. The Morgan fingerprint density at radius 3 is 1.47 bits per heavy atom. The third kappa shape index (κ3) is 11.8. The van der Waals surface area contributed by atoms with Gasteiger partial charge in [0.2, 0.25) is 0 Å². The standard InChI is InChI=1S/C35H36O14S2/c1-35(2,25-7-11-29(12-8-25)44-19-27(36)21-46-33(38)23-3-15-31(16-4-23)50-49-48-40)26-9-13-30(14-10-26)45-20-28(37)22-47-34(39)24-5-17-32(18-6-24)51(41,42)43/h3-18,27-28,36-37,40H,19-22H2,1-2H3,(H,41,42,43). The van der Waals surface area contributed by atoms with Crippen LogP contribution in [0.3, 0.4) is 0 Å². The Hall–Kier alpha value is -4.52. The number of esters is 2. The number of carbonyl (C=O) groups excluding carboxylic acids is 2. The van der Waals surface area contributed by atoms with Gasteiger partial charge in [0, 0.05) is 10.3 Å². The van der Waals surface area contributed by atoms with E-state index in [2.05, 4.69) is 23.2 Å². The summed E-state index contributed by atoms with van der Waals surface area (Å²) < 4.78 is 57.2. The minimum Gasteiger partial charge on any atom is -0.491 e. The average molecular weight is 745 g/mol. The molecule has 0 bridgehead atoms. The van der Waals surface area contributed by atoms with Gasteiger partial charge in [0.05, 0.1) is 28.1 Å². The Balaban J connectivity index is 1.19. The lowest BCUT2D eigenvalue weighted by Gasteiger charge is -2.26. The number of ether oxygens (including phenoxy) is 4. The Morgan fingerprint density at radius 1 is 0.667 bits per heavy atom. The molecule has 2 atom stereocenters. The lowest BCUT2D eigenvalue weighted by atomic mass is 9.78. The quantitative estimate of drug-likeness (QED) is 0.0352. The first-order chi connectivity index (χ1) is 24.3. The monoisotopic (exact) mass is 744 g/mol. The molecular weight excluding hydrogens is 709 g/mol. The maximum absolute atomic E-state index is 12.3. The van der Waals surface area contributed by atoms with Crippen LogP contribution < -0.4 is 9.47 Å². The fourth-order valence-corrected chi connectivity index (χ4v) is 5.39. The molecule has 0 heterocycles. The average Bonchev–Trinajstić information content (AvgIpc) is 3.13. The van der Waals surface area contributed by atoms with E-state index in [0.717, 1.165) is 35.3 Å². The highest BCUT2D eigenvalue weighted by atomic mass is 32.2. The molecule has 0 fully saturated rings. The number of hydrogen-bond acceptors (Lipinski definition) is 14. The predicted octanol–water partition coefficient (Wildman–Crippen LogP) is 4.88.